The molecule has 8 heteroatoms. The molecule has 0 aliphatic carbocycles. The number of para-hydroxylation sites is 2. The van der Waals surface area contributed by atoms with Gasteiger partial charge in [0, 0.05) is 95.6 Å². The Morgan fingerprint density at radius 1 is 0.173 bits per heavy atom. The van der Waals surface area contributed by atoms with Gasteiger partial charge < -0.3 is 0 Å². The highest BCUT2D eigenvalue weighted by Gasteiger charge is 2.23. The Labute approximate surface area is 639 Å². The van der Waals surface area contributed by atoms with Crippen molar-refractivity contribution in [3.8, 4) is 90.3 Å². The van der Waals surface area contributed by atoms with Crippen LogP contribution in [0.2, 0.25) is 0 Å². The molecule has 0 fully saturated rings. The molecule has 23 rings (SSSR count). The third kappa shape index (κ3) is 10.5. The van der Waals surface area contributed by atoms with Crippen molar-refractivity contribution in [1.82, 2.24) is 29.9 Å². The molecule has 0 amide bonds. The normalized spacial score (nSPS) is 11.8. The molecule has 0 atom stereocenters. The van der Waals surface area contributed by atoms with Crippen molar-refractivity contribution in [3.05, 3.63) is 364 Å². The number of benzene rings is 17. The lowest BCUT2D eigenvalue weighted by Gasteiger charge is -2.15. The molecule has 0 aliphatic heterocycles. The van der Waals surface area contributed by atoms with E-state index in [1.54, 1.807) is 0 Å². The largest absolute Gasteiger partial charge is 0.247 e. The Balaban J connectivity index is 0.000000136. The van der Waals surface area contributed by atoms with Crippen molar-refractivity contribution in [2.75, 3.05) is 0 Å². The third-order valence-electron chi connectivity index (χ3n) is 21.9. The molecule has 0 aliphatic rings. The van der Waals surface area contributed by atoms with Gasteiger partial charge in [-0.15, -0.1) is 22.7 Å². The van der Waals surface area contributed by atoms with Gasteiger partial charge in [-0.05, 0) is 130 Å². The van der Waals surface area contributed by atoms with Crippen molar-refractivity contribution >= 4 is 160 Å². The molecule has 6 heterocycles. The van der Waals surface area contributed by atoms with E-state index in [2.05, 4.69) is 328 Å². The van der Waals surface area contributed by atoms with E-state index < -0.39 is 0 Å². The molecule has 0 radical (unpaired) electrons. The maximum atomic E-state index is 5.40. The molecule has 6 nitrogen and oxygen atoms in total. The van der Waals surface area contributed by atoms with Crippen LogP contribution >= 0.6 is 22.7 Å². The number of pyridine rings is 2. The minimum atomic E-state index is 0.696. The highest BCUT2D eigenvalue weighted by Crippen LogP contribution is 2.48. The fourth-order valence-corrected chi connectivity index (χ4v) is 19.3. The lowest BCUT2D eigenvalue weighted by molar-refractivity contribution is 1.18. The summed E-state index contributed by atoms with van der Waals surface area (Å²) < 4.78 is 5.07. The van der Waals surface area contributed by atoms with Crippen LogP contribution in [0.4, 0.5) is 0 Å². The van der Waals surface area contributed by atoms with Crippen LogP contribution in [0.5, 0.6) is 0 Å². The van der Waals surface area contributed by atoms with Gasteiger partial charge in [0.05, 0.1) is 45.2 Å². The summed E-state index contributed by atoms with van der Waals surface area (Å²) in [7, 11) is 0. The first-order valence-corrected chi connectivity index (χ1v) is 38.8. The zero-order valence-corrected chi connectivity index (χ0v) is 60.8. The van der Waals surface area contributed by atoms with Crippen LogP contribution in [0.3, 0.4) is 0 Å². The van der Waals surface area contributed by atoms with E-state index >= 15 is 0 Å². The number of thiophene rings is 2. The summed E-state index contributed by atoms with van der Waals surface area (Å²) in [5.41, 5.74) is 15.8. The second-order valence-corrected chi connectivity index (χ2v) is 30.3. The fraction of sp³-hybridized carbons (Fsp3) is 0. The first kappa shape index (κ1) is 63.3. The third-order valence-corrected chi connectivity index (χ3v) is 24.3. The quantitative estimate of drug-likeness (QED) is 0.141. The minimum absolute atomic E-state index is 0.696. The topological polar surface area (TPSA) is 77.3 Å². The molecular weight excluding hydrogens is 1370 g/mol. The SMILES string of the molecule is c1ccc(-c2nc(-c3ccc4c5ccccc5c5ccccc5c4c3)cc(-c3ccc(-c4nc5ccccc5c5sc6ccccc6c45)c4ccccc34)n2)cc1.c1ccc(-c2nc(-c3cccc(-c4nc5ccccc5c5sc6ccccc6c45)c3)cc(-c3ccc4c5ccccc5c5ccccc5c4c3)n2)cc1. The Hall–Kier alpha value is -14.0. The zero-order valence-electron chi connectivity index (χ0n) is 59.1. The van der Waals surface area contributed by atoms with Crippen molar-refractivity contribution in [1.29, 1.82) is 0 Å². The highest BCUT2D eigenvalue weighted by atomic mass is 32.1. The van der Waals surface area contributed by atoms with E-state index in [9.17, 15) is 0 Å². The summed E-state index contributed by atoms with van der Waals surface area (Å²) in [4.78, 5) is 31.7. The maximum absolute atomic E-state index is 5.40. The molecule has 0 saturated carbocycles. The van der Waals surface area contributed by atoms with E-state index in [0.29, 0.717) is 11.6 Å². The van der Waals surface area contributed by atoms with Crippen molar-refractivity contribution in [2.24, 2.45) is 0 Å². The predicted molar refractivity (Wildman–Crippen MR) is 466 cm³/mol. The summed E-state index contributed by atoms with van der Waals surface area (Å²) in [6.07, 6.45) is 0. The molecule has 0 unspecified atom stereocenters. The van der Waals surface area contributed by atoms with Gasteiger partial charge in [-0.3, -0.25) is 0 Å². The van der Waals surface area contributed by atoms with Crippen LogP contribution in [-0.4, -0.2) is 29.9 Å². The molecule has 6 aromatic heterocycles. The lowest BCUT2D eigenvalue weighted by Crippen LogP contribution is -1.97. The number of hydrogen-bond acceptors (Lipinski definition) is 8. The van der Waals surface area contributed by atoms with E-state index in [-0.39, 0.29) is 0 Å². The number of rotatable bonds is 8. The molecule has 23 aromatic rings. The molecule has 510 valence electrons. The van der Waals surface area contributed by atoms with Crippen LogP contribution in [0.1, 0.15) is 0 Å². The summed E-state index contributed by atoms with van der Waals surface area (Å²) in [6.45, 7) is 0. The monoisotopic (exact) mass is 1430 g/mol. The van der Waals surface area contributed by atoms with Gasteiger partial charge in [0.15, 0.2) is 11.6 Å². The molecule has 0 bridgehead atoms. The summed E-state index contributed by atoms with van der Waals surface area (Å²) in [5.74, 6) is 1.39. The van der Waals surface area contributed by atoms with E-state index in [0.717, 1.165) is 100 Å². The average molecular weight is 1430 g/mol. The van der Waals surface area contributed by atoms with E-state index in [1.165, 1.54) is 116 Å². The van der Waals surface area contributed by atoms with Gasteiger partial charge in [0.25, 0.3) is 0 Å². The predicted octanol–water partition coefficient (Wildman–Crippen LogP) is 28.2. The first-order valence-electron chi connectivity index (χ1n) is 37.1. The Morgan fingerprint density at radius 2 is 0.491 bits per heavy atom. The van der Waals surface area contributed by atoms with Crippen molar-refractivity contribution < 1.29 is 0 Å². The molecule has 0 spiro atoms. The Kier molecular flexibility index (Phi) is 14.9. The summed E-state index contributed by atoms with van der Waals surface area (Å²) >= 11 is 3.69. The fourth-order valence-electron chi connectivity index (χ4n) is 16.8. The van der Waals surface area contributed by atoms with Gasteiger partial charge in [-0.25, -0.2) is 29.9 Å². The van der Waals surface area contributed by atoms with Gasteiger partial charge >= 0.3 is 0 Å². The number of nitrogens with zero attached hydrogens (tertiary/aromatic N) is 6. The molecule has 17 aromatic carbocycles. The van der Waals surface area contributed by atoms with Gasteiger partial charge in [-0.2, -0.15) is 0 Å². The maximum Gasteiger partial charge on any atom is 0.160 e. The van der Waals surface area contributed by atoms with Crippen LogP contribution in [0, 0.1) is 0 Å². The average Bonchev–Trinajstić information content (AvgIpc) is 1.43. The minimum Gasteiger partial charge on any atom is -0.247 e. The second kappa shape index (κ2) is 25.9. The van der Waals surface area contributed by atoms with Crippen molar-refractivity contribution in [3.63, 3.8) is 0 Å². The van der Waals surface area contributed by atoms with Gasteiger partial charge in [0.2, 0.25) is 0 Å². The molecule has 110 heavy (non-hydrogen) atoms. The van der Waals surface area contributed by atoms with E-state index in [1.807, 2.05) is 59.1 Å². The van der Waals surface area contributed by atoms with E-state index in [4.69, 9.17) is 29.9 Å². The Morgan fingerprint density at radius 3 is 0.964 bits per heavy atom. The zero-order chi connectivity index (χ0) is 72.3. The van der Waals surface area contributed by atoms with Crippen LogP contribution in [0.25, 0.3) is 228 Å². The van der Waals surface area contributed by atoms with Crippen LogP contribution in [0.15, 0.2) is 364 Å². The highest BCUT2D eigenvalue weighted by molar-refractivity contribution is 7.27. The molecular formula is C102H60N6S2. The van der Waals surface area contributed by atoms with Gasteiger partial charge in [-0.1, -0.05) is 309 Å². The summed E-state index contributed by atoms with van der Waals surface area (Å²) in [6, 6.07) is 130. The summed E-state index contributed by atoms with van der Waals surface area (Å²) in [5, 5.41) is 24.5. The Bertz CT molecular complexity index is 7670. The number of hydrogen-bond donors (Lipinski definition) is 0. The van der Waals surface area contributed by atoms with Crippen LogP contribution < -0.4 is 0 Å². The standard InChI is InChI=1S/C53H31N3S.C49H29N3S/c1-2-14-32(15-3-1)53-55-47(33-26-27-40-36-18-5-4-16-34(36)35-17-6-9-21-39(35)45(40)30-33)31-48(56-53)41-28-29-42(38-20-8-7-19-37(38)41)51-50-44-23-11-13-25-49(44)57-52(50)43-22-10-12-24-46(43)54-51;1-2-13-30(14-3-1)49-51-43(29-44(52-49)32-25-26-38-36-19-5-4-17-34(36)35-18-6-7-20-37(35)41(38)28-32)31-15-12-16-33(27-31)47-46-40-22-9-11-24-45(40)53-48(46)39-21-8-10-23-42(39)50-47/h1-31H;1-29H. The van der Waals surface area contributed by atoms with Crippen LogP contribution in [-0.2, 0) is 0 Å². The van der Waals surface area contributed by atoms with Crippen molar-refractivity contribution in [2.45, 2.75) is 0 Å². The smallest absolute Gasteiger partial charge is 0.160 e. The van der Waals surface area contributed by atoms with Gasteiger partial charge in [0.1, 0.15) is 0 Å². The molecule has 0 saturated heterocycles. The lowest BCUT2D eigenvalue weighted by atomic mass is 9.92. The molecule has 0 N–H and O–H groups in total. The second-order valence-electron chi connectivity index (χ2n) is 28.2. The number of fused-ring (bicyclic) bond motifs is 23. The number of aromatic nitrogens is 6. The first-order chi connectivity index (χ1) is 54.5.